The van der Waals surface area contributed by atoms with Crippen LogP contribution >= 0.6 is 11.3 Å². The lowest BCUT2D eigenvalue weighted by Gasteiger charge is -2.06. The van der Waals surface area contributed by atoms with Crippen LogP contribution in [-0.4, -0.2) is 15.0 Å². The minimum Gasteiger partial charge on any atom is -0.381 e. The SMILES string of the molecule is CC(C)c1csc(Nc2nc3ccccc3nc2N)n1. The highest BCUT2D eigenvalue weighted by Gasteiger charge is 2.10. The summed E-state index contributed by atoms with van der Waals surface area (Å²) in [5.41, 5.74) is 8.60. The third kappa shape index (κ3) is 2.42. The van der Waals surface area contributed by atoms with E-state index in [-0.39, 0.29) is 0 Å². The summed E-state index contributed by atoms with van der Waals surface area (Å²) in [6, 6.07) is 7.65. The van der Waals surface area contributed by atoms with Crippen molar-refractivity contribution in [3.63, 3.8) is 0 Å². The van der Waals surface area contributed by atoms with Gasteiger partial charge in [-0.05, 0) is 18.1 Å². The number of rotatable bonds is 3. The summed E-state index contributed by atoms with van der Waals surface area (Å²) in [7, 11) is 0. The molecule has 3 N–H and O–H groups in total. The van der Waals surface area contributed by atoms with Crippen LogP contribution in [0.15, 0.2) is 29.6 Å². The number of thiazole rings is 1. The Morgan fingerprint density at radius 1 is 1.10 bits per heavy atom. The molecule has 2 heterocycles. The molecule has 102 valence electrons. The molecule has 0 spiro atoms. The second kappa shape index (κ2) is 5.05. The molecule has 0 fully saturated rings. The van der Waals surface area contributed by atoms with Gasteiger partial charge in [0.1, 0.15) is 0 Å². The van der Waals surface area contributed by atoms with Crippen LogP contribution in [0.4, 0.5) is 16.8 Å². The van der Waals surface area contributed by atoms with Crippen molar-refractivity contribution in [1.29, 1.82) is 0 Å². The number of nitrogen functional groups attached to an aromatic ring is 1. The predicted molar refractivity (Wildman–Crippen MR) is 83.4 cm³/mol. The van der Waals surface area contributed by atoms with Gasteiger partial charge in [-0.2, -0.15) is 0 Å². The highest BCUT2D eigenvalue weighted by molar-refractivity contribution is 7.13. The van der Waals surface area contributed by atoms with Gasteiger partial charge in [0, 0.05) is 5.38 Å². The molecule has 0 saturated heterocycles. The van der Waals surface area contributed by atoms with E-state index in [1.165, 1.54) is 0 Å². The first kappa shape index (κ1) is 12.8. The van der Waals surface area contributed by atoms with E-state index < -0.39 is 0 Å². The quantitative estimate of drug-likeness (QED) is 0.769. The van der Waals surface area contributed by atoms with Gasteiger partial charge in [-0.1, -0.05) is 26.0 Å². The van der Waals surface area contributed by atoms with Crippen molar-refractivity contribution in [1.82, 2.24) is 15.0 Å². The number of aromatic nitrogens is 3. The van der Waals surface area contributed by atoms with Gasteiger partial charge in [-0.15, -0.1) is 11.3 Å². The van der Waals surface area contributed by atoms with Crippen molar-refractivity contribution in [2.45, 2.75) is 19.8 Å². The van der Waals surface area contributed by atoms with Crippen molar-refractivity contribution < 1.29 is 0 Å². The van der Waals surface area contributed by atoms with E-state index in [0.29, 0.717) is 17.6 Å². The molecule has 3 aromatic rings. The first-order valence-electron chi connectivity index (χ1n) is 6.38. The molecule has 0 aliphatic carbocycles. The Hall–Kier alpha value is -2.21. The second-order valence-electron chi connectivity index (χ2n) is 4.80. The molecular formula is C14H15N5S. The number of para-hydroxylation sites is 2. The summed E-state index contributed by atoms with van der Waals surface area (Å²) in [4.78, 5) is 13.3. The lowest BCUT2D eigenvalue weighted by Crippen LogP contribution is -2.02. The Morgan fingerprint density at radius 2 is 1.80 bits per heavy atom. The summed E-state index contributed by atoms with van der Waals surface area (Å²) in [5.74, 6) is 1.33. The fourth-order valence-electron chi connectivity index (χ4n) is 1.82. The Labute approximate surface area is 120 Å². The maximum atomic E-state index is 5.94. The van der Waals surface area contributed by atoms with Crippen LogP contribution in [0.2, 0.25) is 0 Å². The monoisotopic (exact) mass is 285 g/mol. The van der Waals surface area contributed by atoms with Crippen molar-refractivity contribution >= 4 is 39.1 Å². The van der Waals surface area contributed by atoms with Gasteiger partial charge in [0.25, 0.3) is 0 Å². The van der Waals surface area contributed by atoms with Crippen LogP contribution in [0.5, 0.6) is 0 Å². The van der Waals surface area contributed by atoms with E-state index in [4.69, 9.17) is 5.73 Å². The number of hydrogen-bond acceptors (Lipinski definition) is 6. The van der Waals surface area contributed by atoms with Gasteiger partial charge in [0.05, 0.1) is 16.7 Å². The maximum Gasteiger partial charge on any atom is 0.188 e. The minimum atomic E-state index is 0.380. The molecule has 0 saturated carbocycles. The van der Waals surface area contributed by atoms with Gasteiger partial charge in [0.2, 0.25) is 0 Å². The maximum absolute atomic E-state index is 5.94. The van der Waals surface area contributed by atoms with Crippen molar-refractivity contribution in [3.8, 4) is 0 Å². The number of nitrogens with zero attached hydrogens (tertiary/aromatic N) is 3. The zero-order valence-electron chi connectivity index (χ0n) is 11.3. The zero-order chi connectivity index (χ0) is 14.1. The molecule has 2 aromatic heterocycles. The molecule has 6 heteroatoms. The number of anilines is 3. The van der Waals surface area contributed by atoms with Crippen LogP contribution in [-0.2, 0) is 0 Å². The molecule has 0 bridgehead atoms. The van der Waals surface area contributed by atoms with Gasteiger partial charge >= 0.3 is 0 Å². The lowest BCUT2D eigenvalue weighted by molar-refractivity contribution is 0.834. The molecule has 5 nitrogen and oxygen atoms in total. The van der Waals surface area contributed by atoms with Gasteiger partial charge < -0.3 is 11.1 Å². The van der Waals surface area contributed by atoms with Crippen LogP contribution in [0.3, 0.4) is 0 Å². The third-order valence-corrected chi connectivity index (χ3v) is 3.71. The van der Waals surface area contributed by atoms with Gasteiger partial charge in [-0.25, -0.2) is 15.0 Å². The summed E-state index contributed by atoms with van der Waals surface area (Å²) in [6.07, 6.45) is 0. The molecular weight excluding hydrogens is 270 g/mol. The first-order chi connectivity index (χ1) is 9.63. The Kier molecular flexibility index (Phi) is 3.23. The van der Waals surface area contributed by atoms with Crippen LogP contribution < -0.4 is 11.1 Å². The van der Waals surface area contributed by atoms with Crippen molar-refractivity contribution in [3.05, 3.63) is 35.3 Å². The van der Waals surface area contributed by atoms with Crippen LogP contribution in [0.1, 0.15) is 25.5 Å². The molecule has 1 aromatic carbocycles. The van der Waals surface area contributed by atoms with E-state index in [0.717, 1.165) is 21.9 Å². The third-order valence-electron chi connectivity index (χ3n) is 2.94. The molecule has 0 radical (unpaired) electrons. The summed E-state index contributed by atoms with van der Waals surface area (Å²) in [6.45, 7) is 4.23. The standard InChI is InChI=1S/C14H15N5S/c1-8(2)11-7-20-14(18-11)19-13-12(15)16-9-5-3-4-6-10(9)17-13/h3-8H,1-2H3,(H2,15,16)(H,17,18,19). The molecule has 0 aliphatic heterocycles. The summed E-state index contributed by atoms with van der Waals surface area (Å²) >= 11 is 1.54. The Bertz CT molecular complexity index is 750. The van der Waals surface area contributed by atoms with Crippen LogP contribution in [0, 0.1) is 0 Å². The van der Waals surface area contributed by atoms with E-state index in [2.05, 4.69) is 34.1 Å². The number of nitrogens with two attached hydrogens (primary N) is 1. The smallest absolute Gasteiger partial charge is 0.188 e. The zero-order valence-corrected chi connectivity index (χ0v) is 12.1. The Morgan fingerprint density at radius 3 is 2.45 bits per heavy atom. The number of fused-ring (bicyclic) bond motifs is 1. The predicted octanol–water partition coefficient (Wildman–Crippen LogP) is 3.54. The molecule has 0 amide bonds. The molecule has 0 atom stereocenters. The summed E-state index contributed by atoms with van der Waals surface area (Å²) < 4.78 is 0. The average molecular weight is 285 g/mol. The molecule has 0 unspecified atom stereocenters. The first-order valence-corrected chi connectivity index (χ1v) is 7.26. The normalized spacial score (nSPS) is 11.2. The highest BCUT2D eigenvalue weighted by Crippen LogP contribution is 2.26. The van der Waals surface area contributed by atoms with Crippen molar-refractivity contribution in [2.24, 2.45) is 0 Å². The Balaban J connectivity index is 1.95. The largest absolute Gasteiger partial charge is 0.381 e. The van der Waals surface area contributed by atoms with E-state index in [9.17, 15) is 0 Å². The fraction of sp³-hybridized carbons (Fsp3) is 0.214. The van der Waals surface area contributed by atoms with Crippen LogP contribution in [0.25, 0.3) is 11.0 Å². The minimum absolute atomic E-state index is 0.380. The van der Waals surface area contributed by atoms with Gasteiger partial charge in [-0.3, -0.25) is 0 Å². The molecule has 20 heavy (non-hydrogen) atoms. The highest BCUT2D eigenvalue weighted by atomic mass is 32.1. The topological polar surface area (TPSA) is 76.7 Å². The molecule has 0 aliphatic rings. The average Bonchev–Trinajstić information content (AvgIpc) is 2.88. The van der Waals surface area contributed by atoms with E-state index >= 15 is 0 Å². The number of hydrogen-bond donors (Lipinski definition) is 2. The molecule has 3 rings (SSSR count). The van der Waals surface area contributed by atoms with E-state index in [1.54, 1.807) is 11.3 Å². The van der Waals surface area contributed by atoms with E-state index in [1.807, 2.05) is 29.6 Å². The number of benzene rings is 1. The van der Waals surface area contributed by atoms with Gasteiger partial charge in [0.15, 0.2) is 16.8 Å². The van der Waals surface area contributed by atoms with Crippen molar-refractivity contribution in [2.75, 3.05) is 11.1 Å². The lowest BCUT2D eigenvalue weighted by atomic mass is 10.2. The second-order valence-corrected chi connectivity index (χ2v) is 5.66. The summed E-state index contributed by atoms with van der Waals surface area (Å²) in [5, 5.41) is 5.97. The fourth-order valence-corrected chi connectivity index (χ4v) is 2.69. The number of nitrogens with one attached hydrogen (secondary N) is 1.